The molecule has 0 fully saturated rings. The van der Waals surface area contributed by atoms with E-state index in [9.17, 15) is 38.4 Å². The van der Waals surface area contributed by atoms with Crippen molar-refractivity contribution in [1.82, 2.24) is 14.7 Å². The minimum atomic E-state index is -2.86. The summed E-state index contributed by atoms with van der Waals surface area (Å²) >= 11 is 0. The molecule has 0 aliphatic carbocycles. The quantitative estimate of drug-likeness (QED) is 0.00590. The number of ether oxygens (including phenoxy) is 1. The third kappa shape index (κ3) is 29.3. The lowest BCUT2D eigenvalue weighted by Crippen LogP contribution is -2.45. The number of nitrogens with two attached hydrogens (primary N) is 5. The predicted octanol–water partition coefficient (Wildman–Crippen LogP) is 14.1. The molecule has 4 heterocycles. The van der Waals surface area contributed by atoms with Crippen LogP contribution < -0.4 is 28.7 Å². The van der Waals surface area contributed by atoms with Crippen molar-refractivity contribution in [3.63, 3.8) is 0 Å². The van der Waals surface area contributed by atoms with E-state index in [1.165, 1.54) is 14.7 Å². The number of rotatable bonds is 49. The second-order valence-electron chi connectivity index (χ2n) is 34.5. The summed E-state index contributed by atoms with van der Waals surface area (Å²) in [7, 11) is 11.4. The van der Waals surface area contributed by atoms with Gasteiger partial charge in [0.2, 0.25) is 0 Å². The summed E-state index contributed by atoms with van der Waals surface area (Å²) in [4.78, 5) is 112. The molecule has 0 saturated heterocycles. The zero-order chi connectivity index (χ0) is 109. The van der Waals surface area contributed by atoms with E-state index < -0.39 is 83.4 Å². The zero-order valence-corrected chi connectivity index (χ0v) is 97.1. The van der Waals surface area contributed by atoms with Crippen molar-refractivity contribution in [2.45, 2.75) is 154 Å². The molecule has 2 atom stereocenters. The SMILES string of the molecule is CCCCC(CC)CN1C(=O)c2ccc3c4ccc5c6c(ccc(c7ccc(c2c37)C1=O)c64)C(=O)N(CCC[Si](OC)(OC)OC)C5=O.CCCCC(CC)CN1C(=O)c2ccc3c4ccc5c6c(ccc(c7ccc(c2c37)C1=O)c64)C(=O)OC5=O.CO[Si](CCCN)(OC)OC.CO[Si](CCCN)(OC)OC.CO[Si](CCCN)(OC)OC.CO[Si](CCCN)(OC)OC.CO[Si](CCCN)(OC)OC.O=[Si]=O.O=[Si]=O. The number of amides is 6. The minimum absolute atomic E-state index is 0.206. The van der Waals surface area contributed by atoms with Gasteiger partial charge in [0.1, 0.15) is 0 Å². The van der Waals surface area contributed by atoms with Gasteiger partial charge in [-0.2, -0.15) is 0 Å². The van der Waals surface area contributed by atoms with Crippen molar-refractivity contribution in [2.75, 3.05) is 180 Å². The van der Waals surface area contributed by atoms with Gasteiger partial charge in [-0.05, 0) is 209 Å². The third-order valence-corrected chi connectivity index (χ3v) is 44.1. The number of cyclic esters (lactones) is 2. The number of fused-ring (bicyclic) bond motifs is 4. The van der Waals surface area contributed by atoms with Crippen LogP contribution >= 0.6 is 0 Å². The van der Waals surface area contributed by atoms with Gasteiger partial charge in [0, 0.05) is 239 Å². The second kappa shape index (κ2) is 61.8. The molecule has 4 aliphatic heterocycles. The van der Waals surface area contributed by atoms with Crippen LogP contribution in [0.15, 0.2) is 97.1 Å². The van der Waals surface area contributed by atoms with Gasteiger partial charge in [0.05, 0.1) is 11.1 Å². The minimum Gasteiger partial charge on any atom is -0.386 e. The molecule has 10 aromatic carbocycles. The standard InChI is InChI=1S/C38H40N2O7Si.C32H25NO5.5C6H17NO3Si.2O2Si/c1-6-8-10-22(7-2)21-40-37(43)29-17-13-25-23-11-15-27-33-28(36(42)39(35(27)41)19-9-20-48(45-3,46-4)47-5)16-12-24(31(23)33)26-14-18-30(38(40)44)34(29)32(25)26;1-3-5-6-16(4-2)15-33-29(34)21-11-7-17-19-9-13-23-28-24(32(37)38-31(23)36)14-10-20(26(19)28)18-8-12-22(30(33)35)27(21)25(17)18;5*1-8-11(9-2,10-3)6-4-5-7;2*1-3-2/h11-18,22H,6-10,19-21H2,1-5H3;7-14,16H,3-6,15H2,1-2H3;5*4-7H2,1-3H3;;. The first-order valence-electron chi connectivity index (χ1n) is 48.9. The van der Waals surface area contributed by atoms with E-state index in [0.29, 0.717) is 124 Å². The topological polar surface area (TPSA) is 520 Å². The van der Waals surface area contributed by atoms with E-state index in [-0.39, 0.29) is 53.8 Å². The number of esters is 2. The van der Waals surface area contributed by atoms with Gasteiger partial charge in [-0.1, -0.05) is 115 Å². The summed E-state index contributed by atoms with van der Waals surface area (Å²) < 4.78 is 133. The Morgan fingerprint density at radius 3 is 0.592 bits per heavy atom. The summed E-state index contributed by atoms with van der Waals surface area (Å²) in [6.45, 7) is 12.8. The fraction of sp³-hybridized carbons (Fsp3) is 0.520. The first-order chi connectivity index (χ1) is 70.7. The lowest BCUT2D eigenvalue weighted by molar-refractivity contribution is 0.0387. The second-order valence-corrected chi connectivity index (χ2v) is 53.4. The highest BCUT2D eigenvalue weighted by atomic mass is 28.4. The normalized spacial score (nSPS) is 13.8. The van der Waals surface area contributed by atoms with Gasteiger partial charge in [-0.3, -0.25) is 61.3 Å². The first-order valence-corrected chi connectivity index (χ1v) is 62.1. The largest absolute Gasteiger partial charge is 0.549 e. The molecule has 10 N–H and O–H groups in total. The van der Waals surface area contributed by atoms with Crippen molar-refractivity contribution in [1.29, 1.82) is 0 Å². The molecule has 4 aliphatic rings. The van der Waals surface area contributed by atoms with Crippen LogP contribution in [0.5, 0.6) is 0 Å². The van der Waals surface area contributed by atoms with Crippen LogP contribution in [-0.2, 0) is 102 Å². The van der Waals surface area contributed by atoms with Crippen LogP contribution in [0.3, 0.4) is 0 Å². The Balaban J connectivity index is 0.000000292. The van der Waals surface area contributed by atoms with Crippen LogP contribution in [0.25, 0.3) is 86.2 Å². The van der Waals surface area contributed by atoms with Gasteiger partial charge >= 0.3 is 83.4 Å². The van der Waals surface area contributed by atoms with E-state index in [1.807, 2.05) is 72.8 Å². The monoisotopic (exact) mass is 2180 g/mol. The Kier molecular flexibility index (Phi) is 53.4. The van der Waals surface area contributed by atoms with Gasteiger partial charge in [-0.25, -0.2) is 9.59 Å². The third-order valence-electron chi connectivity index (χ3n) is 27.1. The Bertz CT molecular complexity index is 5640. The molecule has 0 bridgehead atoms. The van der Waals surface area contributed by atoms with Crippen molar-refractivity contribution in [2.24, 2.45) is 40.5 Å². The molecular weight excluding hydrogens is 2030 g/mol. The van der Waals surface area contributed by atoms with Crippen LogP contribution in [0, 0.1) is 11.8 Å². The molecule has 0 saturated carbocycles. The first kappa shape index (κ1) is 127. The van der Waals surface area contributed by atoms with Crippen LogP contribution in [0.1, 0.15) is 200 Å². The van der Waals surface area contributed by atoms with E-state index >= 15 is 0 Å². The van der Waals surface area contributed by atoms with E-state index in [2.05, 4.69) is 27.7 Å². The number of unbranched alkanes of at least 4 members (excludes halogenated alkanes) is 2. The number of carbonyl (C=O) groups is 8. The molecule has 0 aromatic heterocycles. The molecule has 2 unspecified atom stereocenters. The lowest BCUT2D eigenvalue weighted by Gasteiger charge is -2.31. The smallest absolute Gasteiger partial charge is 0.386 e. The van der Waals surface area contributed by atoms with Crippen LogP contribution in [-0.4, -0.2) is 314 Å². The van der Waals surface area contributed by atoms with Gasteiger partial charge in [0.15, 0.2) is 0 Å². The Morgan fingerprint density at radius 1 is 0.252 bits per heavy atom. The molecule has 6 amide bonds. The number of hydrogen-bond donors (Lipinski definition) is 5. The average molecular weight is 2190 g/mol. The maximum atomic E-state index is 13.9. The van der Waals surface area contributed by atoms with Crippen LogP contribution in [0.4, 0.5) is 0 Å². The Morgan fingerprint density at radius 2 is 0.422 bits per heavy atom. The molecule has 39 nitrogen and oxygen atoms in total. The summed E-state index contributed by atoms with van der Waals surface area (Å²) in [6, 6.07) is 34.0. The highest BCUT2D eigenvalue weighted by Gasteiger charge is 2.45. The molecular formula is C100H150N8O31Si8. The molecule has 47 heteroatoms. The van der Waals surface area contributed by atoms with Gasteiger partial charge in [0.25, 0.3) is 35.4 Å². The van der Waals surface area contributed by atoms with E-state index in [0.717, 1.165) is 178 Å². The Hall–Kier alpha value is -8.62. The van der Waals surface area contributed by atoms with Crippen molar-refractivity contribution in [3.8, 4) is 0 Å². The highest BCUT2D eigenvalue weighted by Crippen LogP contribution is 2.49. The van der Waals surface area contributed by atoms with Gasteiger partial charge in [-0.15, -0.1) is 0 Å². The van der Waals surface area contributed by atoms with E-state index in [4.69, 9.17) is 131 Å². The molecule has 0 spiro atoms. The number of benzene rings is 10. The average Bonchev–Trinajstić information content (AvgIpc) is 0.692. The lowest BCUT2D eigenvalue weighted by atomic mass is 9.82. The van der Waals surface area contributed by atoms with Crippen molar-refractivity contribution in [3.05, 3.63) is 142 Å². The Labute approximate surface area is 871 Å². The molecule has 0 radical (unpaired) electrons. The summed E-state index contributed by atoms with van der Waals surface area (Å²) in [6.07, 6.45) is 12.9. The maximum Gasteiger partial charge on any atom is 0.549 e. The fourth-order valence-corrected chi connectivity index (χ4v) is 29.3. The number of nitrogens with zero attached hydrogens (tertiary/aromatic N) is 3. The molecule has 147 heavy (non-hydrogen) atoms. The van der Waals surface area contributed by atoms with Crippen molar-refractivity contribution >= 4 is 205 Å². The molecule has 808 valence electrons. The summed E-state index contributed by atoms with van der Waals surface area (Å²) in [5.74, 6) is -2.43. The predicted molar refractivity (Wildman–Crippen MR) is 575 cm³/mol. The van der Waals surface area contributed by atoms with Gasteiger partial charge < -0.3 is 113 Å². The summed E-state index contributed by atoms with van der Waals surface area (Å²) in [5, 5.41) is 13.0. The molecule has 10 aromatic rings. The number of hydrogen-bond acceptors (Lipinski definition) is 36. The fourth-order valence-electron chi connectivity index (χ4n) is 18.8. The molecule has 14 rings (SSSR count). The number of imide groups is 3. The highest BCUT2D eigenvalue weighted by molar-refractivity contribution is 6.62. The zero-order valence-electron chi connectivity index (χ0n) is 89.1. The maximum absolute atomic E-state index is 13.9. The summed E-state index contributed by atoms with van der Waals surface area (Å²) in [5.41, 5.74) is 30.6. The van der Waals surface area contributed by atoms with Crippen molar-refractivity contribution < 1.29 is 141 Å². The van der Waals surface area contributed by atoms with Crippen LogP contribution in [0.2, 0.25) is 36.3 Å². The van der Waals surface area contributed by atoms with E-state index in [1.54, 1.807) is 152 Å². The number of carbonyl (C=O) groups excluding carboxylic acids is 8.